The molecule has 0 spiro atoms. The molecule has 1 N–H and O–H groups in total. The van der Waals surface area contributed by atoms with Crippen molar-refractivity contribution in [1.29, 1.82) is 0 Å². The number of nitrogens with one attached hydrogen (secondary N) is 1. The summed E-state index contributed by atoms with van der Waals surface area (Å²) in [6.07, 6.45) is 4.70. The van der Waals surface area contributed by atoms with Gasteiger partial charge < -0.3 is 10.1 Å². The van der Waals surface area contributed by atoms with Gasteiger partial charge in [-0.25, -0.2) is 23.4 Å². The first kappa shape index (κ1) is 24.3. The molecule has 184 valence electrons. The molecule has 0 saturated carbocycles. The molecule has 0 unspecified atom stereocenters. The summed E-state index contributed by atoms with van der Waals surface area (Å²) in [5, 5.41) is 7.26. The molecule has 0 aliphatic heterocycles. The van der Waals surface area contributed by atoms with Gasteiger partial charge >= 0.3 is 0 Å². The maximum Gasteiger partial charge on any atom is 0.269 e. The molecule has 12 heteroatoms. The van der Waals surface area contributed by atoms with Gasteiger partial charge in [-0.3, -0.25) is 13.9 Å². The third kappa shape index (κ3) is 4.48. The van der Waals surface area contributed by atoms with Crippen molar-refractivity contribution in [3.63, 3.8) is 0 Å². The summed E-state index contributed by atoms with van der Waals surface area (Å²) in [7, 11) is -0.640. The van der Waals surface area contributed by atoms with Crippen molar-refractivity contribution >= 4 is 21.4 Å². The summed E-state index contributed by atoms with van der Waals surface area (Å²) in [6.45, 7) is 6.92. The van der Waals surface area contributed by atoms with Gasteiger partial charge in [0.1, 0.15) is 33.5 Å². The molecule has 35 heavy (non-hydrogen) atoms. The van der Waals surface area contributed by atoms with Gasteiger partial charge in [0.15, 0.2) is 9.84 Å². The largest absolute Gasteiger partial charge is 0.495 e. The highest BCUT2D eigenvalue weighted by Crippen LogP contribution is 2.34. The number of hydrogen-bond donors (Lipinski definition) is 1. The average Bonchev–Trinajstić information content (AvgIpc) is 3.38. The van der Waals surface area contributed by atoms with E-state index in [1.54, 1.807) is 62.8 Å². The number of aryl methyl sites for hydroxylation is 2. The fourth-order valence-electron chi connectivity index (χ4n) is 3.51. The number of ether oxygens (including phenoxy) is 1. The van der Waals surface area contributed by atoms with Gasteiger partial charge in [0.25, 0.3) is 5.91 Å². The predicted octanol–water partition coefficient (Wildman–Crippen LogP) is 2.34. The highest BCUT2D eigenvalue weighted by atomic mass is 32.2. The van der Waals surface area contributed by atoms with Crippen LogP contribution >= 0.6 is 0 Å². The zero-order valence-corrected chi connectivity index (χ0v) is 21.2. The van der Waals surface area contributed by atoms with E-state index in [0.29, 0.717) is 28.6 Å². The second kappa shape index (κ2) is 8.77. The van der Waals surface area contributed by atoms with E-state index in [1.807, 2.05) is 6.92 Å². The molecule has 4 rings (SSSR count). The van der Waals surface area contributed by atoms with Crippen molar-refractivity contribution in [2.75, 3.05) is 7.11 Å². The number of methoxy groups -OCH3 is 1. The van der Waals surface area contributed by atoms with Crippen LogP contribution in [0.2, 0.25) is 0 Å². The first-order chi connectivity index (χ1) is 16.4. The maximum atomic E-state index is 13.2. The molecule has 4 heterocycles. The van der Waals surface area contributed by atoms with Crippen molar-refractivity contribution in [1.82, 2.24) is 34.4 Å². The van der Waals surface area contributed by atoms with Gasteiger partial charge in [0.2, 0.25) is 0 Å². The van der Waals surface area contributed by atoms with Gasteiger partial charge in [0.05, 0.1) is 30.3 Å². The standard InChI is InChI=1S/C23H27N7O4S/c1-14-7-8-24-20(27-14)12-26-22(31)16-9-15(28-29(16)5)17-11-25-21-10-18(34-6)19(13-30(17)21)35(32,33)23(2,3)4/h7-11,13H,12H2,1-6H3,(H,26,31). The summed E-state index contributed by atoms with van der Waals surface area (Å²) in [5.41, 5.74) is 2.60. The molecule has 0 aliphatic carbocycles. The number of imidazole rings is 1. The number of aromatic nitrogens is 6. The molecule has 0 aromatic carbocycles. The second-order valence-corrected chi connectivity index (χ2v) is 11.7. The fourth-order valence-corrected chi connectivity index (χ4v) is 4.82. The Hall–Kier alpha value is -3.80. The highest BCUT2D eigenvalue weighted by Gasteiger charge is 2.34. The zero-order chi connectivity index (χ0) is 25.5. The minimum atomic E-state index is -3.72. The summed E-state index contributed by atoms with van der Waals surface area (Å²) >= 11 is 0. The Morgan fingerprint density at radius 2 is 1.94 bits per heavy atom. The Labute approximate surface area is 203 Å². The van der Waals surface area contributed by atoms with Gasteiger partial charge in [-0.1, -0.05) is 0 Å². The molecule has 4 aromatic heterocycles. The summed E-state index contributed by atoms with van der Waals surface area (Å²) in [5.74, 6) is 0.371. The molecular formula is C23H27N7O4S. The molecule has 1 amide bonds. The minimum absolute atomic E-state index is 0.0475. The number of pyridine rings is 1. The van der Waals surface area contributed by atoms with Gasteiger partial charge in [0, 0.05) is 31.2 Å². The zero-order valence-electron chi connectivity index (χ0n) is 20.4. The topological polar surface area (TPSA) is 133 Å². The van der Waals surface area contributed by atoms with Crippen molar-refractivity contribution in [2.24, 2.45) is 7.05 Å². The van der Waals surface area contributed by atoms with Crippen LogP contribution in [-0.4, -0.2) is 55.3 Å². The van der Waals surface area contributed by atoms with Crippen LogP contribution in [0.1, 0.15) is 42.8 Å². The number of amides is 1. The van der Waals surface area contributed by atoms with Gasteiger partial charge in [-0.05, 0) is 39.8 Å². The molecule has 4 aromatic rings. The van der Waals surface area contributed by atoms with Crippen LogP contribution in [-0.2, 0) is 23.4 Å². The van der Waals surface area contributed by atoms with Crippen molar-refractivity contribution in [2.45, 2.75) is 43.9 Å². The van der Waals surface area contributed by atoms with Crippen LogP contribution in [0.4, 0.5) is 0 Å². The first-order valence-electron chi connectivity index (χ1n) is 10.8. The lowest BCUT2D eigenvalue weighted by Crippen LogP contribution is -2.28. The average molecular weight is 498 g/mol. The van der Waals surface area contributed by atoms with Crippen LogP contribution in [0, 0.1) is 6.92 Å². The molecular weight excluding hydrogens is 470 g/mol. The number of nitrogens with zero attached hydrogens (tertiary/aromatic N) is 6. The SMILES string of the molecule is COc1cc2ncc(-c3cc(C(=O)NCc4nccc(C)n4)n(C)n3)n2cc1S(=O)(=O)C(C)(C)C. The highest BCUT2D eigenvalue weighted by molar-refractivity contribution is 7.92. The number of rotatable bonds is 6. The molecule has 11 nitrogen and oxygen atoms in total. The number of fused-ring (bicyclic) bond motifs is 1. The monoisotopic (exact) mass is 497 g/mol. The Kier molecular flexibility index (Phi) is 6.09. The normalized spacial score (nSPS) is 12.2. The van der Waals surface area contributed by atoms with Crippen molar-refractivity contribution in [3.8, 4) is 17.1 Å². The van der Waals surface area contributed by atoms with Gasteiger partial charge in [-0.2, -0.15) is 5.10 Å². The van der Waals surface area contributed by atoms with E-state index < -0.39 is 14.6 Å². The van der Waals surface area contributed by atoms with Crippen molar-refractivity contribution in [3.05, 3.63) is 54.0 Å². The number of carbonyl (C=O) groups is 1. The number of sulfone groups is 1. The fraction of sp³-hybridized carbons (Fsp3) is 0.348. The Morgan fingerprint density at radius 3 is 2.60 bits per heavy atom. The second-order valence-electron chi connectivity index (χ2n) is 9.03. The Morgan fingerprint density at radius 1 is 1.20 bits per heavy atom. The molecule has 0 aliphatic rings. The summed E-state index contributed by atoms with van der Waals surface area (Å²) < 4.78 is 33.8. The molecule has 0 radical (unpaired) electrons. The van der Waals surface area contributed by atoms with E-state index in [4.69, 9.17) is 4.74 Å². The molecule has 0 fully saturated rings. The first-order valence-corrected chi connectivity index (χ1v) is 12.3. The van der Waals surface area contributed by atoms with E-state index >= 15 is 0 Å². The lowest BCUT2D eigenvalue weighted by Gasteiger charge is -2.21. The predicted molar refractivity (Wildman–Crippen MR) is 129 cm³/mol. The Bertz CT molecular complexity index is 1530. The number of carbonyl (C=O) groups excluding carboxylic acids is 1. The van der Waals surface area contributed by atoms with E-state index in [0.717, 1.165) is 5.69 Å². The molecule has 0 saturated heterocycles. The molecule has 0 bridgehead atoms. The smallest absolute Gasteiger partial charge is 0.269 e. The third-order valence-electron chi connectivity index (χ3n) is 5.52. The maximum absolute atomic E-state index is 13.2. The van der Waals surface area contributed by atoms with Crippen LogP contribution in [0.5, 0.6) is 5.75 Å². The van der Waals surface area contributed by atoms with E-state index in [-0.39, 0.29) is 23.1 Å². The van der Waals surface area contributed by atoms with Crippen LogP contribution in [0.25, 0.3) is 17.0 Å². The van der Waals surface area contributed by atoms with Crippen LogP contribution in [0.15, 0.2) is 41.7 Å². The summed E-state index contributed by atoms with van der Waals surface area (Å²) in [4.78, 5) is 25.7. The van der Waals surface area contributed by atoms with Crippen molar-refractivity contribution < 1.29 is 17.9 Å². The quantitative estimate of drug-likeness (QED) is 0.429. The lowest BCUT2D eigenvalue weighted by atomic mass is 10.3. The lowest BCUT2D eigenvalue weighted by molar-refractivity contribution is 0.0940. The van der Waals surface area contributed by atoms with E-state index in [2.05, 4.69) is 25.4 Å². The summed E-state index contributed by atoms with van der Waals surface area (Å²) in [6, 6.07) is 4.97. The van der Waals surface area contributed by atoms with Crippen LogP contribution in [0.3, 0.4) is 0 Å². The minimum Gasteiger partial charge on any atom is -0.495 e. The van der Waals surface area contributed by atoms with E-state index in [9.17, 15) is 13.2 Å². The van der Waals surface area contributed by atoms with Gasteiger partial charge in [-0.15, -0.1) is 0 Å². The van der Waals surface area contributed by atoms with E-state index in [1.165, 1.54) is 18.0 Å². The molecule has 0 atom stereocenters. The Balaban J connectivity index is 1.70. The third-order valence-corrected chi connectivity index (χ3v) is 8.02. The number of hydrogen-bond acceptors (Lipinski definition) is 8. The van der Waals surface area contributed by atoms with Crippen LogP contribution < -0.4 is 10.1 Å².